The van der Waals surface area contributed by atoms with Gasteiger partial charge in [0.25, 0.3) is 5.91 Å². The first-order valence-electron chi connectivity index (χ1n) is 5.29. The number of rotatable bonds is 2. The van der Waals surface area contributed by atoms with Crippen LogP contribution in [0, 0.1) is 0 Å². The van der Waals surface area contributed by atoms with Crippen LogP contribution in [0.4, 0.5) is 0 Å². The van der Waals surface area contributed by atoms with Crippen LogP contribution in [0.1, 0.15) is 13.3 Å². The molecule has 0 aromatic heterocycles. The number of ether oxygens (including phenoxy) is 1. The predicted molar refractivity (Wildman–Crippen MR) is 58.2 cm³/mol. The fourth-order valence-electron chi connectivity index (χ4n) is 1.79. The highest BCUT2D eigenvalue weighted by Gasteiger charge is 2.32. The molecule has 0 saturated heterocycles. The summed E-state index contributed by atoms with van der Waals surface area (Å²) in [7, 11) is 0. The van der Waals surface area contributed by atoms with Gasteiger partial charge in [-0.25, -0.2) is 4.79 Å². The molecule has 2 aliphatic rings. The number of hydrogen-bond donors (Lipinski definition) is 0. The minimum Gasteiger partial charge on any atom is -0.462 e. The van der Waals surface area contributed by atoms with Crippen LogP contribution >= 0.6 is 0 Å². The summed E-state index contributed by atoms with van der Waals surface area (Å²) in [5.74, 6) is -0.816. The van der Waals surface area contributed by atoms with Crippen LogP contribution in [-0.4, -0.2) is 29.4 Å². The van der Waals surface area contributed by atoms with Crippen molar-refractivity contribution in [2.24, 2.45) is 0 Å². The monoisotopic (exact) mass is 219 g/mol. The second-order valence-corrected chi connectivity index (χ2v) is 3.58. The topological polar surface area (TPSA) is 46.6 Å². The van der Waals surface area contributed by atoms with Gasteiger partial charge in [-0.15, -0.1) is 0 Å². The summed E-state index contributed by atoms with van der Waals surface area (Å²) in [4.78, 5) is 25.0. The van der Waals surface area contributed by atoms with E-state index in [0.29, 0.717) is 6.42 Å². The zero-order valence-electron chi connectivity index (χ0n) is 9.05. The first-order valence-corrected chi connectivity index (χ1v) is 5.29. The third-order valence-electron chi connectivity index (χ3n) is 2.57. The third kappa shape index (κ3) is 1.78. The normalized spacial score (nSPS) is 22.8. The summed E-state index contributed by atoms with van der Waals surface area (Å²) in [6, 6.07) is 0.0377. The Labute approximate surface area is 93.9 Å². The number of hydrogen-bond acceptors (Lipinski definition) is 3. The summed E-state index contributed by atoms with van der Waals surface area (Å²) < 4.78 is 4.83. The lowest BCUT2D eigenvalue weighted by Crippen LogP contribution is -2.41. The van der Waals surface area contributed by atoms with Gasteiger partial charge < -0.3 is 9.64 Å². The van der Waals surface area contributed by atoms with E-state index in [4.69, 9.17) is 4.74 Å². The van der Waals surface area contributed by atoms with Crippen molar-refractivity contribution >= 4 is 11.9 Å². The molecule has 4 heteroatoms. The van der Waals surface area contributed by atoms with E-state index in [-0.39, 0.29) is 24.1 Å². The molecule has 2 rings (SSSR count). The average Bonchev–Trinajstić information content (AvgIpc) is 2.30. The van der Waals surface area contributed by atoms with Crippen molar-refractivity contribution in [3.05, 3.63) is 36.1 Å². The average molecular weight is 219 g/mol. The van der Waals surface area contributed by atoms with Crippen LogP contribution in [0.5, 0.6) is 0 Å². The van der Waals surface area contributed by atoms with Gasteiger partial charge in [0.05, 0.1) is 12.6 Å². The molecule has 0 saturated carbocycles. The van der Waals surface area contributed by atoms with E-state index in [1.807, 2.05) is 12.2 Å². The van der Waals surface area contributed by atoms with E-state index < -0.39 is 5.97 Å². The van der Waals surface area contributed by atoms with E-state index in [0.717, 1.165) is 0 Å². The number of carbonyl (C=O) groups excluding carboxylic acids is 2. The Kier molecular flexibility index (Phi) is 2.90. The summed E-state index contributed by atoms with van der Waals surface area (Å²) in [5.41, 5.74) is 0.137. The summed E-state index contributed by atoms with van der Waals surface area (Å²) in [5, 5.41) is 0. The Morgan fingerprint density at radius 2 is 2.38 bits per heavy atom. The Balaban J connectivity index is 2.20. The summed E-state index contributed by atoms with van der Waals surface area (Å²) >= 11 is 0. The van der Waals surface area contributed by atoms with Gasteiger partial charge in [-0.1, -0.05) is 18.2 Å². The van der Waals surface area contributed by atoms with Crippen molar-refractivity contribution < 1.29 is 14.3 Å². The molecule has 1 atom stereocenters. The van der Waals surface area contributed by atoms with Crippen molar-refractivity contribution in [2.45, 2.75) is 19.4 Å². The standard InChI is InChI=1S/C12H13NO3/c1-2-16-12(15)10-7-6-9-5-3-4-8-13(9)11(10)14/h3-5,7-9H,2,6H2,1H3. The zero-order valence-corrected chi connectivity index (χ0v) is 9.05. The quantitative estimate of drug-likeness (QED) is 0.517. The number of esters is 1. The van der Waals surface area contributed by atoms with Gasteiger partial charge in [0.15, 0.2) is 0 Å². The van der Waals surface area contributed by atoms with Gasteiger partial charge in [0.1, 0.15) is 5.57 Å². The van der Waals surface area contributed by atoms with Gasteiger partial charge in [-0.2, -0.15) is 0 Å². The lowest BCUT2D eigenvalue weighted by Gasteiger charge is -2.31. The molecule has 1 unspecified atom stereocenters. The van der Waals surface area contributed by atoms with Gasteiger partial charge >= 0.3 is 5.97 Å². The lowest BCUT2D eigenvalue weighted by molar-refractivity contribution is -0.142. The van der Waals surface area contributed by atoms with Crippen LogP contribution < -0.4 is 0 Å². The fraction of sp³-hybridized carbons (Fsp3) is 0.333. The summed E-state index contributed by atoms with van der Waals surface area (Å²) in [6.45, 7) is 2.00. The van der Waals surface area contributed by atoms with E-state index in [2.05, 4.69) is 0 Å². The van der Waals surface area contributed by atoms with E-state index in [9.17, 15) is 9.59 Å². The molecule has 0 radical (unpaired) electrons. The molecular weight excluding hydrogens is 206 g/mol. The molecule has 2 aliphatic heterocycles. The number of nitrogens with zero attached hydrogens (tertiary/aromatic N) is 1. The second-order valence-electron chi connectivity index (χ2n) is 3.58. The van der Waals surface area contributed by atoms with Gasteiger partial charge in [0.2, 0.25) is 0 Å². The first kappa shape index (κ1) is 10.7. The molecule has 0 aliphatic carbocycles. The van der Waals surface area contributed by atoms with Crippen LogP contribution in [0.3, 0.4) is 0 Å². The first-order chi connectivity index (χ1) is 7.74. The van der Waals surface area contributed by atoms with Crippen LogP contribution in [-0.2, 0) is 14.3 Å². The summed E-state index contributed by atoms with van der Waals surface area (Å²) in [6.07, 6.45) is 9.63. The molecule has 0 N–H and O–H groups in total. The molecular formula is C12H13NO3. The fourth-order valence-corrected chi connectivity index (χ4v) is 1.79. The van der Waals surface area contributed by atoms with Crippen LogP contribution in [0.25, 0.3) is 0 Å². The van der Waals surface area contributed by atoms with Crippen molar-refractivity contribution in [1.29, 1.82) is 0 Å². The van der Waals surface area contributed by atoms with Gasteiger partial charge in [-0.3, -0.25) is 4.79 Å². The number of amides is 1. The molecule has 0 spiro atoms. The van der Waals surface area contributed by atoms with E-state index in [1.165, 1.54) is 0 Å². The molecule has 16 heavy (non-hydrogen) atoms. The molecule has 0 aromatic rings. The number of carbonyl (C=O) groups is 2. The van der Waals surface area contributed by atoms with E-state index >= 15 is 0 Å². The Morgan fingerprint density at radius 1 is 1.56 bits per heavy atom. The smallest absolute Gasteiger partial charge is 0.343 e. The van der Waals surface area contributed by atoms with Crippen molar-refractivity contribution in [3.63, 3.8) is 0 Å². The zero-order chi connectivity index (χ0) is 11.5. The molecule has 1 amide bonds. The third-order valence-corrected chi connectivity index (χ3v) is 2.57. The molecule has 4 nitrogen and oxygen atoms in total. The Bertz CT molecular complexity index is 406. The predicted octanol–water partition coefficient (Wildman–Crippen LogP) is 1.16. The maximum absolute atomic E-state index is 11.9. The maximum atomic E-state index is 11.9. The van der Waals surface area contributed by atoms with Crippen molar-refractivity contribution in [1.82, 2.24) is 4.90 Å². The van der Waals surface area contributed by atoms with Gasteiger partial charge in [-0.05, 0) is 19.4 Å². The van der Waals surface area contributed by atoms with E-state index in [1.54, 1.807) is 30.2 Å². The Hall–Kier alpha value is -1.84. The Morgan fingerprint density at radius 3 is 3.12 bits per heavy atom. The lowest BCUT2D eigenvalue weighted by atomic mass is 10.0. The molecule has 2 heterocycles. The van der Waals surface area contributed by atoms with Crippen LogP contribution in [0.15, 0.2) is 36.1 Å². The SMILES string of the molecule is CCOC(=O)C1=CCC2C=CC=CN2C1=O. The highest BCUT2D eigenvalue weighted by molar-refractivity contribution is 6.17. The molecule has 0 bridgehead atoms. The highest BCUT2D eigenvalue weighted by atomic mass is 16.5. The largest absolute Gasteiger partial charge is 0.462 e. The maximum Gasteiger partial charge on any atom is 0.343 e. The van der Waals surface area contributed by atoms with Gasteiger partial charge in [0, 0.05) is 6.20 Å². The van der Waals surface area contributed by atoms with Crippen molar-refractivity contribution in [2.75, 3.05) is 6.61 Å². The second kappa shape index (κ2) is 4.35. The number of fused-ring (bicyclic) bond motifs is 1. The minimum atomic E-state index is -0.533. The van der Waals surface area contributed by atoms with Crippen molar-refractivity contribution in [3.8, 4) is 0 Å². The number of allylic oxidation sites excluding steroid dienone is 2. The molecule has 0 fully saturated rings. The highest BCUT2D eigenvalue weighted by Crippen LogP contribution is 2.22. The molecule has 0 aromatic carbocycles. The molecule has 84 valence electrons. The minimum absolute atomic E-state index is 0.0377. The van der Waals surface area contributed by atoms with Crippen LogP contribution in [0.2, 0.25) is 0 Å².